The van der Waals surface area contributed by atoms with Gasteiger partial charge in [0, 0.05) is 11.2 Å². The number of phenols is 1. The van der Waals surface area contributed by atoms with E-state index >= 15 is 0 Å². The van der Waals surface area contributed by atoms with Gasteiger partial charge in [-0.2, -0.15) is 0 Å². The summed E-state index contributed by atoms with van der Waals surface area (Å²) >= 11 is 0. The molecule has 2 aromatic rings. The van der Waals surface area contributed by atoms with Gasteiger partial charge in [0.2, 0.25) is 23.6 Å². The number of aromatic hydroxyl groups is 1. The van der Waals surface area contributed by atoms with E-state index in [0.717, 1.165) is 5.56 Å². The molecule has 2 aromatic carbocycles. The molecule has 0 aromatic heterocycles. The van der Waals surface area contributed by atoms with Gasteiger partial charge in [0.05, 0.1) is 10.8 Å². The van der Waals surface area contributed by atoms with Crippen LogP contribution in [0, 0.1) is 0 Å². The van der Waals surface area contributed by atoms with E-state index in [1.54, 1.807) is 52.0 Å². The number of amides is 4. The predicted octanol–water partition coefficient (Wildman–Crippen LogP) is 2.42. The fourth-order valence-corrected chi connectivity index (χ4v) is 8.73. The third-order valence-corrected chi connectivity index (χ3v) is 13.1. The smallest absolute Gasteiger partial charge is 0.327 e. The maximum atomic E-state index is 14.3. The minimum Gasteiger partial charge on any atom is -0.508 e. The summed E-state index contributed by atoms with van der Waals surface area (Å²) in [5.74, 6) is -3.57. The lowest BCUT2D eigenvalue weighted by molar-refractivity contribution is -0.143. The van der Waals surface area contributed by atoms with E-state index in [-0.39, 0.29) is 18.6 Å². The van der Waals surface area contributed by atoms with E-state index in [1.165, 1.54) is 33.7 Å². The summed E-state index contributed by atoms with van der Waals surface area (Å²) in [7, 11) is 2.37. The quantitative estimate of drug-likeness (QED) is 0.211. The van der Waals surface area contributed by atoms with Crippen LogP contribution in [0.1, 0.15) is 64.5 Å². The van der Waals surface area contributed by atoms with E-state index in [2.05, 4.69) is 21.3 Å². The SMILES string of the molecule is CC1(C)SSC(C)(C)[C@@H](NC(=O)[C@@H](N)Cc2ccc(O)cc2)C(=O)NC2(CCCC2)C(=O)N[C@@H](Cc2ccccc2)C(=O)N[C@H]1C(=O)O. The standard InChI is InChI=1S/C34H45N5O7S2/c1-32(2)25(37-27(41)23(35)18-21-12-14-22(40)15-13-21)29(43)39-34(16-8-9-17-34)31(46)36-24(19-20-10-6-5-7-11-20)28(42)38-26(30(44)45)33(3,4)48-47-32/h5-7,10-15,23-26,40H,8-9,16-19,35H2,1-4H3,(H,36,46)(H,37,41)(H,38,42)(H,39,43)(H,44,45)/t23-,24-,25-,26-/m0/s1. The number of rotatable bonds is 7. The Bertz CT molecular complexity index is 1500. The van der Waals surface area contributed by atoms with E-state index in [4.69, 9.17) is 5.73 Å². The first-order chi connectivity index (χ1) is 22.5. The average molecular weight is 700 g/mol. The highest BCUT2D eigenvalue weighted by Gasteiger charge is 2.49. The molecule has 1 heterocycles. The second-order valence-corrected chi connectivity index (χ2v) is 17.0. The Kier molecular flexibility index (Phi) is 11.7. The highest BCUT2D eigenvalue weighted by atomic mass is 33.1. The van der Waals surface area contributed by atoms with Crippen molar-refractivity contribution < 1.29 is 34.2 Å². The van der Waals surface area contributed by atoms with Gasteiger partial charge < -0.3 is 37.2 Å². The molecule has 4 rings (SSSR count). The third-order valence-electron chi connectivity index (χ3n) is 8.83. The van der Waals surface area contributed by atoms with Gasteiger partial charge in [0.25, 0.3) is 0 Å². The molecule has 1 aliphatic heterocycles. The summed E-state index contributed by atoms with van der Waals surface area (Å²) < 4.78 is -2.16. The van der Waals surface area contributed by atoms with Crippen molar-refractivity contribution in [2.75, 3.05) is 0 Å². The van der Waals surface area contributed by atoms with Crippen LogP contribution < -0.4 is 27.0 Å². The van der Waals surface area contributed by atoms with Crippen molar-refractivity contribution in [2.24, 2.45) is 5.73 Å². The molecule has 12 nitrogen and oxygen atoms in total. The summed E-state index contributed by atoms with van der Waals surface area (Å²) in [4.78, 5) is 68.2. The van der Waals surface area contributed by atoms with Crippen molar-refractivity contribution in [1.82, 2.24) is 21.3 Å². The zero-order chi connectivity index (χ0) is 35.3. The fraction of sp³-hybridized carbons (Fsp3) is 0.500. The van der Waals surface area contributed by atoms with Crippen LogP contribution in [-0.4, -0.2) is 79.0 Å². The molecule has 260 valence electrons. The van der Waals surface area contributed by atoms with Gasteiger partial charge in [-0.1, -0.05) is 76.9 Å². The molecular weight excluding hydrogens is 655 g/mol. The zero-order valence-electron chi connectivity index (χ0n) is 27.6. The molecule has 2 fully saturated rings. The normalized spacial score (nSPS) is 24.8. The summed E-state index contributed by atoms with van der Waals surface area (Å²) in [6, 6.07) is 10.6. The Balaban J connectivity index is 1.70. The molecule has 0 radical (unpaired) electrons. The number of carbonyl (C=O) groups excluding carboxylic acids is 4. The van der Waals surface area contributed by atoms with Crippen LogP contribution in [0.25, 0.3) is 0 Å². The van der Waals surface area contributed by atoms with Crippen molar-refractivity contribution in [3.63, 3.8) is 0 Å². The lowest BCUT2D eigenvalue weighted by Crippen LogP contribution is -2.67. The molecule has 1 aliphatic carbocycles. The van der Waals surface area contributed by atoms with Gasteiger partial charge in [0.15, 0.2) is 0 Å². The number of nitrogens with one attached hydrogen (secondary N) is 4. The number of aliphatic carboxylic acids is 1. The van der Waals surface area contributed by atoms with Gasteiger partial charge in [-0.05, 0) is 70.2 Å². The van der Waals surface area contributed by atoms with Crippen molar-refractivity contribution in [2.45, 2.75) is 105 Å². The lowest BCUT2D eigenvalue weighted by Gasteiger charge is -2.40. The third kappa shape index (κ3) is 9.03. The van der Waals surface area contributed by atoms with Crippen LogP contribution in [0.2, 0.25) is 0 Å². The van der Waals surface area contributed by atoms with Gasteiger partial charge in [-0.15, -0.1) is 0 Å². The number of hydrogen-bond acceptors (Lipinski definition) is 9. The maximum absolute atomic E-state index is 14.3. The average Bonchev–Trinajstić information content (AvgIpc) is 3.51. The monoisotopic (exact) mass is 699 g/mol. The van der Waals surface area contributed by atoms with Crippen molar-refractivity contribution >= 4 is 51.2 Å². The minimum atomic E-state index is -1.36. The molecule has 0 bridgehead atoms. The van der Waals surface area contributed by atoms with Gasteiger partial charge in [0.1, 0.15) is 29.4 Å². The number of hydrogen-bond donors (Lipinski definition) is 7. The second kappa shape index (κ2) is 15.2. The van der Waals surface area contributed by atoms with Crippen molar-refractivity contribution in [1.29, 1.82) is 0 Å². The van der Waals surface area contributed by atoms with Gasteiger partial charge >= 0.3 is 5.97 Å². The van der Waals surface area contributed by atoms with Crippen LogP contribution in [0.5, 0.6) is 5.75 Å². The van der Waals surface area contributed by atoms with E-state index in [1.807, 2.05) is 18.2 Å². The van der Waals surface area contributed by atoms with Gasteiger partial charge in [-0.25, -0.2) is 4.79 Å². The molecular formula is C34H45N5O7S2. The Morgan fingerprint density at radius 1 is 0.896 bits per heavy atom. The van der Waals surface area contributed by atoms with Crippen molar-refractivity contribution in [3.05, 3.63) is 65.7 Å². The summed E-state index contributed by atoms with van der Waals surface area (Å²) in [6.07, 6.45) is 2.19. The molecule has 1 spiro atoms. The van der Waals surface area contributed by atoms with E-state index in [0.29, 0.717) is 31.2 Å². The van der Waals surface area contributed by atoms with E-state index < -0.39 is 68.8 Å². The Hall–Kier alpha value is -3.75. The number of benzene rings is 2. The number of carbonyl (C=O) groups is 5. The Morgan fingerprint density at radius 2 is 1.50 bits per heavy atom. The highest BCUT2D eigenvalue weighted by molar-refractivity contribution is 8.77. The fourth-order valence-electron chi connectivity index (χ4n) is 5.92. The molecule has 1 saturated carbocycles. The number of nitrogens with two attached hydrogens (primary N) is 1. The topological polar surface area (TPSA) is 200 Å². The van der Waals surface area contributed by atoms with Crippen LogP contribution in [0.15, 0.2) is 54.6 Å². The van der Waals surface area contributed by atoms with Gasteiger partial charge in [-0.3, -0.25) is 19.2 Å². The first-order valence-electron chi connectivity index (χ1n) is 15.9. The molecule has 2 aliphatic rings. The summed E-state index contributed by atoms with van der Waals surface area (Å²) in [5.41, 5.74) is 6.40. The molecule has 48 heavy (non-hydrogen) atoms. The minimum absolute atomic E-state index is 0.0772. The lowest BCUT2D eigenvalue weighted by atomic mass is 9.92. The number of carboxylic acid groups (broad SMARTS) is 1. The number of carboxylic acids is 1. The second-order valence-electron chi connectivity index (χ2n) is 13.6. The molecule has 4 amide bonds. The molecule has 0 unspecified atom stereocenters. The summed E-state index contributed by atoms with van der Waals surface area (Å²) in [6.45, 7) is 6.83. The molecule has 8 N–H and O–H groups in total. The van der Waals surface area contributed by atoms with Crippen LogP contribution in [0.3, 0.4) is 0 Å². The Morgan fingerprint density at radius 3 is 2.10 bits per heavy atom. The first-order valence-corrected chi connectivity index (χ1v) is 18.1. The molecule has 14 heteroatoms. The van der Waals surface area contributed by atoms with Crippen LogP contribution in [0.4, 0.5) is 0 Å². The largest absolute Gasteiger partial charge is 0.508 e. The first kappa shape index (κ1) is 37.1. The van der Waals surface area contributed by atoms with Crippen molar-refractivity contribution in [3.8, 4) is 5.75 Å². The zero-order valence-corrected chi connectivity index (χ0v) is 29.2. The maximum Gasteiger partial charge on any atom is 0.327 e. The van der Waals surface area contributed by atoms with E-state index in [9.17, 15) is 34.2 Å². The molecule has 4 atom stereocenters. The highest BCUT2D eigenvalue weighted by Crippen LogP contribution is 2.47. The summed E-state index contributed by atoms with van der Waals surface area (Å²) in [5, 5.41) is 31.2. The van der Waals surface area contributed by atoms with Crippen LogP contribution in [-0.2, 0) is 36.8 Å². The molecule has 1 saturated heterocycles. The van der Waals surface area contributed by atoms with Crippen LogP contribution >= 0.6 is 21.6 Å². The predicted molar refractivity (Wildman–Crippen MR) is 186 cm³/mol. The Labute approximate surface area is 288 Å². The number of phenolic OH excluding ortho intramolecular Hbond substituents is 1.